The van der Waals surface area contributed by atoms with Crippen molar-refractivity contribution < 1.29 is 31.7 Å². The Bertz CT molecular complexity index is 1830. The fraction of sp³-hybridized carbons (Fsp3) is 0.553. The van der Waals surface area contributed by atoms with Gasteiger partial charge in [0.05, 0.1) is 34.2 Å². The lowest BCUT2D eigenvalue weighted by atomic mass is 10.0. The zero-order valence-corrected chi connectivity index (χ0v) is 31.8. The SMILES string of the molecule is CC(=O)NCCCCCCCCCCS(=O)(=O)C(=O)Nc1ccc(N2C[C@@H]3C[C@H]2C[C@H]3OCc2c(-c3c(Cl)cccc3Cl)noc2C2CC2)c(F)c1. The molecule has 2 heterocycles. The number of anilines is 2. The summed E-state index contributed by atoms with van der Waals surface area (Å²) in [7, 11) is -4.03. The number of nitrogens with zero attached hydrogens (tertiary/aromatic N) is 2. The number of amides is 2. The molecule has 0 unspecified atom stereocenters. The Morgan fingerprint density at radius 2 is 1.69 bits per heavy atom. The molecule has 2 N–H and O–H groups in total. The van der Waals surface area contributed by atoms with Gasteiger partial charge in [0.15, 0.2) is 0 Å². The van der Waals surface area contributed by atoms with Crippen LogP contribution in [0.1, 0.15) is 101 Å². The van der Waals surface area contributed by atoms with Crippen LogP contribution in [0.2, 0.25) is 10.0 Å². The molecule has 1 aliphatic heterocycles. The average molecular weight is 778 g/mol. The van der Waals surface area contributed by atoms with E-state index in [9.17, 15) is 18.0 Å². The fourth-order valence-corrected chi connectivity index (χ4v) is 9.11. The molecule has 3 atom stereocenters. The highest BCUT2D eigenvalue weighted by molar-refractivity contribution is 8.06. The maximum atomic E-state index is 15.4. The quantitative estimate of drug-likeness (QED) is 0.122. The molecule has 2 amide bonds. The van der Waals surface area contributed by atoms with Crippen molar-refractivity contribution >= 4 is 55.6 Å². The molecule has 0 radical (unpaired) electrons. The van der Waals surface area contributed by atoms with Crippen molar-refractivity contribution in [3.63, 3.8) is 0 Å². The molecule has 2 aliphatic carbocycles. The monoisotopic (exact) mass is 776 g/mol. The van der Waals surface area contributed by atoms with Gasteiger partial charge in [0.25, 0.3) is 0 Å². The molecule has 282 valence electrons. The van der Waals surface area contributed by atoms with Crippen molar-refractivity contribution in [3.8, 4) is 11.3 Å². The first-order valence-corrected chi connectivity index (χ1v) is 20.8. The largest absolute Gasteiger partial charge is 0.373 e. The molecule has 2 bridgehead atoms. The molecule has 2 aromatic carbocycles. The summed E-state index contributed by atoms with van der Waals surface area (Å²) in [5, 5.41) is 9.40. The highest BCUT2D eigenvalue weighted by Crippen LogP contribution is 2.47. The maximum Gasteiger partial charge on any atom is 0.340 e. The van der Waals surface area contributed by atoms with E-state index in [4.69, 9.17) is 32.5 Å². The number of fused-ring (bicyclic) bond motifs is 2. The Morgan fingerprint density at radius 3 is 2.33 bits per heavy atom. The third-order valence-corrected chi connectivity index (χ3v) is 12.5. The van der Waals surface area contributed by atoms with Gasteiger partial charge in [0.1, 0.15) is 17.3 Å². The lowest BCUT2D eigenvalue weighted by molar-refractivity contribution is -0.118. The summed E-state index contributed by atoms with van der Waals surface area (Å²) in [6.45, 7) is 3.14. The van der Waals surface area contributed by atoms with Crippen LogP contribution < -0.4 is 15.5 Å². The van der Waals surface area contributed by atoms with Gasteiger partial charge in [-0.3, -0.25) is 9.59 Å². The minimum atomic E-state index is -4.03. The second-order valence-electron chi connectivity index (χ2n) is 14.3. The van der Waals surface area contributed by atoms with Gasteiger partial charge in [0, 0.05) is 54.7 Å². The summed E-state index contributed by atoms with van der Waals surface area (Å²) in [6, 6.07) is 9.77. The van der Waals surface area contributed by atoms with Crippen LogP contribution in [0.3, 0.4) is 0 Å². The molecule has 6 rings (SSSR count). The number of carbonyl (C=O) groups is 2. The first-order valence-electron chi connectivity index (χ1n) is 18.4. The van der Waals surface area contributed by atoms with Crippen molar-refractivity contribution in [2.75, 3.05) is 29.1 Å². The number of hydrogen-bond donors (Lipinski definition) is 2. The lowest BCUT2D eigenvalue weighted by Crippen LogP contribution is -2.39. The summed E-state index contributed by atoms with van der Waals surface area (Å²) >= 11 is 13.0. The van der Waals surface area contributed by atoms with E-state index in [1.165, 1.54) is 13.0 Å². The molecular formula is C38H47Cl2FN4O6S. The number of carbonyl (C=O) groups excluding carboxylic acids is 2. The molecule has 14 heteroatoms. The number of piperidine rings is 1. The molecule has 1 aromatic heterocycles. The Balaban J connectivity index is 0.952. The van der Waals surface area contributed by atoms with E-state index in [2.05, 4.69) is 15.8 Å². The molecule has 0 spiro atoms. The standard InChI is InChI=1S/C38H47Cl2FN4O6S/c1-24(46)42-17-8-6-4-2-3-5-7-9-18-52(48,49)38(47)43-27-15-16-33(32(41)20-27)45-22-26-19-28(45)21-34(26)50-23-29-36(44-51-37(29)25-13-14-25)35-30(39)11-10-12-31(35)40/h10-12,15-16,20,25-26,28,34H,2-9,13-14,17-19,21-23H2,1H3,(H,42,46)(H,43,47)/t26-,28-,34+/m0/s1. The third kappa shape index (κ3) is 9.48. The van der Waals surface area contributed by atoms with E-state index in [0.717, 1.165) is 75.5 Å². The van der Waals surface area contributed by atoms with Gasteiger partial charge in [-0.15, -0.1) is 0 Å². The Kier molecular flexibility index (Phi) is 12.8. The molecule has 2 saturated carbocycles. The van der Waals surface area contributed by atoms with Crippen molar-refractivity contribution in [1.82, 2.24) is 10.5 Å². The van der Waals surface area contributed by atoms with Crippen LogP contribution in [0.25, 0.3) is 11.3 Å². The topological polar surface area (TPSA) is 131 Å². The normalized spacial score (nSPS) is 19.7. The van der Waals surface area contributed by atoms with E-state index >= 15 is 4.39 Å². The second kappa shape index (κ2) is 17.3. The van der Waals surface area contributed by atoms with Crippen LogP contribution in [0.4, 0.5) is 20.6 Å². The highest BCUT2D eigenvalue weighted by Gasteiger charge is 2.46. The Labute approximate surface area is 315 Å². The zero-order chi connectivity index (χ0) is 36.8. The number of rotatable bonds is 18. The number of hydrogen-bond acceptors (Lipinski definition) is 8. The van der Waals surface area contributed by atoms with E-state index in [1.807, 2.05) is 4.90 Å². The Hall–Kier alpha value is -3.19. The molecule has 3 aromatic rings. The number of nitrogens with one attached hydrogen (secondary N) is 2. The van der Waals surface area contributed by atoms with Gasteiger partial charge in [-0.25, -0.2) is 12.8 Å². The van der Waals surface area contributed by atoms with Crippen molar-refractivity contribution in [1.29, 1.82) is 0 Å². The molecule has 10 nitrogen and oxygen atoms in total. The fourth-order valence-electron chi connectivity index (χ4n) is 7.49. The third-order valence-electron chi connectivity index (χ3n) is 10.4. The van der Waals surface area contributed by atoms with Crippen LogP contribution >= 0.6 is 23.2 Å². The smallest absolute Gasteiger partial charge is 0.340 e. The summed E-state index contributed by atoms with van der Waals surface area (Å²) in [4.78, 5) is 25.5. The molecule has 1 saturated heterocycles. The van der Waals surface area contributed by atoms with Gasteiger partial charge >= 0.3 is 5.24 Å². The van der Waals surface area contributed by atoms with Crippen LogP contribution in [0.5, 0.6) is 0 Å². The first-order chi connectivity index (χ1) is 25.0. The number of benzene rings is 2. The van der Waals surface area contributed by atoms with E-state index < -0.39 is 20.9 Å². The minimum Gasteiger partial charge on any atom is -0.373 e. The number of aromatic nitrogens is 1. The summed E-state index contributed by atoms with van der Waals surface area (Å²) < 4.78 is 53.0. The van der Waals surface area contributed by atoms with E-state index in [-0.39, 0.29) is 35.4 Å². The molecule has 3 fully saturated rings. The van der Waals surface area contributed by atoms with Gasteiger partial charge in [-0.05, 0) is 68.9 Å². The minimum absolute atomic E-state index is 0.0145. The van der Waals surface area contributed by atoms with Crippen molar-refractivity contribution in [2.24, 2.45) is 5.92 Å². The van der Waals surface area contributed by atoms with Crippen molar-refractivity contribution in [3.05, 3.63) is 63.6 Å². The van der Waals surface area contributed by atoms with Gasteiger partial charge < -0.3 is 24.8 Å². The van der Waals surface area contributed by atoms with E-state index in [0.29, 0.717) is 65.4 Å². The second-order valence-corrected chi connectivity index (χ2v) is 17.2. The predicted octanol–water partition coefficient (Wildman–Crippen LogP) is 9.05. The van der Waals surface area contributed by atoms with Crippen LogP contribution in [0, 0.1) is 11.7 Å². The van der Waals surface area contributed by atoms with Crippen LogP contribution in [-0.2, 0) is 26.0 Å². The van der Waals surface area contributed by atoms with Gasteiger partial charge in [-0.2, -0.15) is 0 Å². The number of unbranched alkanes of at least 4 members (excludes halogenated alkanes) is 7. The number of ether oxygens (including phenoxy) is 1. The number of halogens is 3. The molecule has 52 heavy (non-hydrogen) atoms. The van der Waals surface area contributed by atoms with E-state index in [1.54, 1.807) is 30.3 Å². The van der Waals surface area contributed by atoms with Crippen LogP contribution in [-0.4, -0.2) is 55.7 Å². The van der Waals surface area contributed by atoms with Gasteiger partial charge in [-0.1, -0.05) is 72.9 Å². The average Bonchev–Trinajstić information content (AvgIpc) is 3.55. The number of sulfone groups is 1. The lowest BCUT2D eigenvalue weighted by Gasteiger charge is -2.33. The van der Waals surface area contributed by atoms with Gasteiger partial charge in [0.2, 0.25) is 15.7 Å². The molecular weight excluding hydrogens is 730 g/mol. The predicted molar refractivity (Wildman–Crippen MR) is 201 cm³/mol. The highest BCUT2D eigenvalue weighted by atomic mass is 35.5. The van der Waals surface area contributed by atoms with Crippen molar-refractivity contribution in [2.45, 2.75) is 109 Å². The molecule has 3 aliphatic rings. The summed E-state index contributed by atoms with van der Waals surface area (Å²) in [6.07, 6.45) is 10.8. The first kappa shape index (κ1) is 38.5. The van der Waals surface area contributed by atoms with Crippen LogP contribution in [0.15, 0.2) is 40.9 Å². The zero-order valence-electron chi connectivity index (χ0n) is 29.5. The maximum absolute atomic E-state index is 15.4. The summed E-state index contributed by atoms with van der Waals surface area (Å²) in [5.41, 5.74) is 2.65. The summed E-state index contributed by atoms with van der Waals surface area (Å²) in [5.74, 6) is 0.566. The Morgan fingerprint density at radius 1 is 1.00 bits per heavy atom.